The molecule has 0 fully saturated rings. The Bertz CT molecular complexity index is 305. The lowest BCUT2D eigenvalue weighted by atomic mass is 10.3. The van der Waals surface area contributed by atoms with E-state index in [1.165, 1.54) is 0 Å². The molecule has 0 aromatic carbocycles. The summed E-state index contributed by atoms with van der Waals surface area (Å²) in [7, 11) is 0. The molecule has 0 bridgehead atoms. The van der Waals surface area contributed by atoms with Crippen molar-refractivity contribution in [3.8, 4) is 0 Å². The van der Waals surface area contributed by atoms with E-state index < -0.39 is 0 Å². The highest BCUT2D eigenvalue weighted by Gasteiger charge is 1.99. The van der Waals surface area contributed by atoms with Crippen molar-refractivity contribution in [2.75, 3.05) is 13.2 Å². The van der Waals surface area contributed by atoms with Gasteiger partial charge in [0.25, 0.3) is 0 Å². The van der Waals surface area contributed by atoms with Gasteiger partial charge in [-0.2, -0.15) is 0 Å². The molecule has 1 aromatic rings. The first-order valence-corrected chi connectivity index (χ1v) is 5.97. The fourth-order valence-corrected chi connectivity index (χ4v) is 1.44. The predicted molar refractivity (Wildman–Crippen MR) is 66.7 cm³/mol. The molecular weight excluding hydrogens is 224 g/mol. The van der Waals surface area contributed by atoms with Gasteiger partial charge < -0.3 is 10.1 Å². The number of nitrogens with one attached hydrogen (secondary N) is 1. The molecule has 1 rings (SSSR count). The van der Waals surface area contributed by atoms with E-state index in [4.69, 9.17) is 16.3 Å². The predicted octanol–water partition coefficient (Wildman–Crippen LogP) is 2.64. The van der Waals surface area contributed by atoms with E-state index in [0.29, 0.717) is 17.7 Å². The van der Waals surface area contributed by atoms with E-state index in [9.17, 15) is 0 Å². The standard InChI is InChI=1S/C12H19ClN2O/c1-10(2)15-5-3-7-16-9-11-4-6-14-8-12(11)13/h4,6,8,10,15H,3,5,7,9H2,1-2H3. The van der Waals surface area contributed by atoms with Gasteiger partial charge in [0.15, 0.2) is 0 Å². The van der Waals surface area contributed by atoms with Crippen LogP contribution in [0.1, 0.15) is 25.8 Å². The van der Waals surface area contributed by atoms with Crippen molar-refractivity contribution in [2.24, 2.45) is 0 Å². The lowest BCUT2D eigenvalue weighted by Crippen LogP contribution is -2.24. The van der Waals surface area contributed by atoms with Crippen LogP contribution in [0.4, 0.5) is 0 Å². The van der Waals surface area contributed by atoms with Crippen LogP contribution in [0.25, 0.3) is 0 Å². The molecule has 0 aliphatic heterocycles. The second kappa shape index (κ2) is 7.60. The van der Waals surface area contributed by atoms with Gasteiger partial charge in [0.2, 0.25) is 0 Å². The molecule has 16 heavy (non-hydrogen) atoms. The number of halogens is 1. The topological polar surface area (TPSA) is 34.1 Å². The molecule has 0 atom stereocenters. The first-order valence-electron chi connectivity index (χ1n) is 5.59. The van der Waals surface area contributed by atoms with Gasteiger partial charge in [-0.1, -0.05) is 25.4 Å². The first kappa shape index (κ1) is 13.4. The molecule has 4 heteroatoms. The molecule has 0 aliphatic carbocycles. The van der Waals surface area contributed by atoms with Crippen LogP contribution in [0.15, 0.2) is 18.5 Å². The molecule has 3 nitrogen and oxygen atoms in total. The zero-order chi connectivity index (χ0) is 11.8. The number of aromatic nitrogens is 1. The van der Waals surface area contributed by atoms with Crippen molar-refractivity contribution in [3.05, 3.63) is 29.0 Å². The normalized spacial score (nSPS) is 11.0. The van der Waals surface area contributed by atoms with Crippen LogP contribution in [0, 0.1) is 0 Å². The summed E-state index contributed by atoms with van der Waals surface area (Å²) in [6.07, 6.45) is 4.38. The Labute approximate surface area is 102 Å². The Hall–Kier alpha value is -0.640. The van der Waals surface area contributed by atoms with Gasteiger partial charge in [-0.3, -0.25) is 4.98 Å². The Kier molecular flexibility index (Phi) is 6.38. The first-order chi connectivity index (χ1) is 7.70. The lowest BCUT2D eigenvalue weighted by molar-refractivity contribution is 0.118. The Morgan fingerprint density at radius 1 is 1.50 bits per heavy atom. The molecular formula is C12H19ClN2O. The van der Waals surface area contributed by atoms with Crippen LogP contribution in [0.3, 0.4) is 0 Å². The van der Waals surface area contributed by atoms with Crippen LogP contribution in [-0.4, -0.2) is 24.2 Å². The summed E-state index contributed by atoms with van der Waals surface area (Å²) in [5.74, 6) is 0. The zero-order valence-electron chi connectivity index (χ0n) is 9.87. The highest BCUT2D eigenvalue weighted by Crippen LogP contribution is 2.13. The lowest BCUT2D eigenvalue weighted by Gasteiger charge is -2.08. The third-order valence-electron chi connectivity index (χ3n) is 2.13. The summed E-state index contributed by atoms with van der Waals surface area (Å²) < 4.78 is 5.53. The molecule has 0 spiro atoms. The maximum atomic E-state index is 5.95. The number of hydrogen-bond acceptors (Lipinski definition) is 3. The van der Waals surface area contributed by atoms with Crippen LogP contribution < -0.4 is 5.32 Å². The van der Waals surface area contributed by atoms with Crippen LogP contribution >= 0.6 is 11.6 Å². The van der Waals surface area contributed by atoms with Gasteiger partial charge in [-0.05, 0) is 24.6 Å². The number of pyridine rings is 1. The third-order valence-corrected chi connectivity index (χ3v) is 2.47. The second-order valence-electron chi connectivity index (χ2n) is 3.98. The van der Waals surface area contributed by atoms with Crippen molar-refractivity contribution < 1.29 is 4.74 Å². The van der Waals surface area contributed by atoms with E-state index in [1.807, 2.05) is 6.07 Å². The van der Waals surface area contributed by atoms with Gasteiger partial charge in [-0.15, -0.1) is 0 Å². The number of rotatable bonds is 7. The summed E-state index contributed by atoms with van der Waals surface area (Å²) in [6, 6.07) is 2.42. The fourth-order valence-electron chi connectivity index (χ4n) is 1.27. The Morgan fingerprint density at radius 3 is 3.00 bits per heavy atom. The number of hydrogen-bond donors (Lipinski definition) is 1. The minimum absolute atomic E-state index is 0.537. The van der Waals surface area contributed by atoms with Crippen LogP contribution in [-0.2, 0) is 11.3 Å². The molecule has 0 saturated carbocycles. The van der Waals surface area contributed by atoms with Gasteiger partial charge in [0.05, 0.1) is 11.6 Å². The van der Waals surface area contributed by atoms with Crippen molar-refractivity contribution in [1.82, 2.24) is 10.3 Å². The van der Waals surface area contributed by atoms with Crippen LogP contribution in [0.2, 0.25) is 5.02 Å². The Balaban J connectivity index is 2.10. The van der Waals surface area contributed by atoms with E-state index in [-0.39, 0.29) is 0 Å². The molecule has 0 saturated heterocycles. The molecule has 1 heterocycles. The van der Waals surface area contributed by atoms with E-state index in [0.717, 1.165) is 25.1 Å². The summed E-state index contributed by atoms with van der Waals surface area (Å²) in [5.41, 5.74) is 0.994. The third kappa shape index (κ3) is 5.45. The SMILES string of the molecule is CC(C)NCCCOCc1ccncc1Cl. The molecule has 0 unspecified atom stereocenters. The number of nitrogens with zero attached hydrogens (tertiary/aromatic N) is 1. The van der Waals surface area contributed by atoms with E-state index >= 15 is 0 Å². The van der Waals surface area contributed by atoms with Gasteiger partial charge in [-0.25, -0.2) is 0 Å². The maximum Gasteiger partial charge on any atom is 0.0732 e. The van der Waals surface area contributed by atoms with E-state index in [2.05, 4.69) is 24.1 Å². The minimum atomic E-state index is 0.537. The monoisotopic (exact) mass is 242 g/mol. The molecule has 0 aliphatic rings. The summed E-state index contributed by atoms with van der Waals surface area (Å²) >= 11 is 5.95. The van der Waals surface area contributed by atoms with Crippen molar-refractivity contribution in [2.45, 2.75) is 32.9 Å². The second-order valence-corrected chi connectivity index (χ2v) is 4.39. The fraction of sp³-hybridized carbons (Fsp3) is 0.583. The number of ether oxygens (including phenoxy) is 1. The molecule has 90 valence electrons. The zero-order valence-corrected chi connectivity index (χ0v) is 10.6. The van der Waals surface area contributed by atoms with Crippen molar-refractivity contribution >= 4 is 11.6 Å². The maximum absolute atomic E-state index is 5.95. The Morgan fingerprint density at radius 2 is 2.31 bits per heavy atom. The quantitative estimate of drug-likeness (QED) is 0.747. The van der Waals surface area contributed by atoms with Crippen molar-refractivity contribution in [1.29, 1.82) is 0 Å². The van der Waals surface area contributed by atoms with E-state index in [1.54, 1.807) is 12.4 Å². The average molecular weight is 243 g/mol. The van der Waals surface area contributed by atoms with Crippen LogP contribution in [0.5, 0.6) is 0 Å². The highest BCUT2D eigenvalue weighted by molar-refractivity contribution is 6.31. The molecule has 0 amide bonds. The molecule has 0 radical (unpaired) electrons. The smallest absolute Gasteiger partial charge is 0.0732 e. The minimum Gasteiger partial charge on any atom is -0.377 e. The van der Waals surface area contributed by atoms with Crippen molar-refractivity contribution in [3.63, 3.8) is 0 Å². The van der Waals surface area contributed by atoms with Gasteiger partial charge in [0.1, 0.15) is 0 Å². The largest absolute Gasteiger partial charge is 0.377 e. The van der Waals surface area contributed by atoms with Gasteiger partial charge >= 0.3 is 0 Å². The summed E-state index contributed by atoms with van der Waals surface area (Å²) in [5, 5.41) is 4.01. The highest BCUT2D eigenvalue weighted by atomic mass is 35.5. The summed E-state index contributed by atoms with van der Waals surface area (Å²) in [6.45, 7) is 6.57. The molecule has 1 aromatic heterocycles. The average Bonchev–Trinajstić information content (AvgIpc) is 2.25. The molecule has 1 N–H and O–H groups in total. The van der Waals surface area contributed by atoms with Gasteiger partial charge in [0, 0.05) is 25.0 Å². The summed E-state index contributed by atoms with van der Waals surface area (Å²) in [4.78, 5) is 3.92.